The van der Waals surface area contributed by atoms with Crippen LogP contribution in [-0.2, 0) is 10.3 Å². The molecule has 1 saturated carbocycles. The summed E-state index contributed by atoms with van der Waals surface area (Å²) in [5, 5.41) is 12.2. The first-order valence-electron chi connectivity index (χ1n) is 14.0. The van der Waals surface area contributed by atoms with Crippen LogP contribution < -0.4 is 10.6 Å². The molecule has 3 aromatic rings. The van der Waals surface area contributed by atoms with Crippen LogP contribution in [0.4, 0.5) is 5.13 Å². The number of hydrogen-bond acceptors (Lipinski definition) is 5. The molecule has 0 radical (unpaired) electrons. The van der Waals surface area contributed by atoms with Gasteiger partial charge >= 0.3 is 0 Å². The van der Waals surface area contributed by atoms with E-state index in [4.69, 9.17) is 0 Å². The number of rotatable bonds is 12. The minimum absolute atomic E-state index is 0.0878. The Bertz CT molecular complexity index is 1180. The van der Waals surface area contributed by atoms with Gasteiger partial charge in [-0.15, -0.1) is 11.3 Å². The maximum atomic E-state index is 12.4. The summed E-state index contributed by atoms with van der Waals surface area (Å²) in [6.45, 7) is 10.9. The lowest BCUT2D eigenvalue weighted by molar-refractivity contribution is -0.115. The van der Waals surface area contributed by atoms with Crippen molar-refractivity contribution in [2.45, 2.75) is 91.5 Å². The number of aromatic nitrogens is 3. The van der Waals surface area contributed by atoms with E-state index < -0.39 is 0 Å². The SMILES string of the molecule is CCCC1(n2ccc(C(=O)NCC(=O)Nc3nc(-c4cccc(C)c4)cs3)n2)CC1.CCCCC(C)CC. The van der Waals surface area contributed by atoms with Gasteiger partial charge in [0.2, 0.25) is 5.91 Å². The molecule has 1 unspecified atom stereocenters. The van der Waals surface area contributed by atoms with Crippen molar-refractivity contribution < 1.29 is 9.59 Å². The number of hydrogen-bond donors (Lipinski definition) is 2. The fraction of sp³-hybridized carbons (Fsp3) is 0.533. The number of anilines is 1. The van der Waals surface area contributed by atoms with Gasteiger partial charge in [0, 0.05) is 17.1 Å². The van der Waals surface area contributed by atoms with Gasteiger partial charge in [0.05, 0.1) is 17.8 Å². The molecule has 206 valence electrons. The first-order chi connectivity index (χ1) is 18.3. The third kappa shape index (κ3) is 8.51. The van der Waals surface area contributed by atoms with Crippen LogP contribution >= 0.6 is 11.3 Å². The monoisotopic (exact) mass is 537 g/mol. The Morgan fingerprint density at radius 3 is 2.61 bits per heavy atom. The van der Waals surface area contributed by atoms with E-state index in [0.717, 1.165) is 48.4 Å². The maximum Gasteiger partial charge on any atom is 0.272 e. The van der Waals surface area contributed by atoms with E-state index in [9.17, 15) is 9.59 Å². The lowest BCUT2D eigenvalue weighted by atomic mass is 10.0. The Balaban J connectivity index is 0.000000436. The molecule has 1 fully saturated rings. The number of aryl methyl sites for hydroxylation is 1. The number of amides is 2. The second-order valence-corrected chi connectivity index (χ2v) is 11.3. The van der Waals surface area contributed by atoms with Crippen molar-refractivity contribution in [3.63, 3.8) is 0 Å². The first-order valence-corrected chi connectivity index (χ1v) is 14.8. The Labute approximate surface area is 231 Å². The molecule has 38 heavy (non-hydrogen) atoms. The fourth-order valence-corrected chi connectivity index (χ4v) is 5.09. The molecule has 0 bridgehead atoms. The minimum atomic E-state index is -0.351. The summed E-state index contributed by atoms with van der Waals surface area (Å²) in [4.78, 5) is 29.0. The molecule has 1 aromatic carbocycles. The number of carbonyl (C=O) groups is 2. The predicted molar refractivity (Wildman–Crippen MR) is 157 cm³/mol. The second kappa shape index (κ2) is 14.2. The molecule has 1 atom stereocenters. The van der Waals surface area contributed by atoms with Crippen LogP contribution in [0.5, 0.6) is 0 Å². The van der Waals surface area contributed by atoms with Crippen molar-refractivity contribution in [1.29, 1.82) is 0 Å². The van der Waals surface area contributed by atoms with E-state index in [-0.39, 0.29) is 23.9 Å². The third-order valence-corrected chi connectivity index (χ3v) is 7.83. The molecule has 0 saturated heterocycles. The van der Waals surface area contributed by atoms with Crippen LogP contribution in [0, 0.1) is 12.8 Å². The van der Waals surface area contributed by atoms with Gasteiger partial charge in [-0.1, -0.05) is 83.6 Å². The summed E-state index contributed by atoms with van der Waals surface area (Å²) in [7, 11) is 0. The lowest BCUT2D eigenvalue weighted by Gasteiger charge is -2.14. The lowest BCUT2D eigenvalue weighted by Crippen LogP contribution is -2.33. The highest BCUT2D eigenvalue weighted by molar-refractivity contribution is 7.14. The molecule has 2 heterocycles. The molecule has 2 N–H and O–H groups in total. The van der Waals surface area contributed by atoms with Crippen molar-refractivity contribution in [3.05, 3.63) is 53.2 Å². The Kier molecular flexibility index (Phi) is 11.1. The van der Waals surface area contributed by atoms with Gasteiger partial charge in [-0.2, -0.15) is 5.10 Å². The Morgan fingerprint density at radius 2 is 1.95 bits per heavy atom. The largest absolute Gasteiger partial charge is 0.342 e. The average molecular weight is 538 g/mol. The molecule has 4 rings (SSSR count). The highest BCUT2D eigenvalue weighted by atomic mass is 32.1. The molecular weight excluding hydrogens is 494 g/mol. The molecule has 7 nitrogen and oxygen atoms in total. The smallest absolute Gasteiger partial charge is 0.272 e. The molecule has 0 spiro atoms. The van der Waals surface area contributed by atoms with Gasteiger partial charge in [0.25, 0.3) is 5.91 Å². The van der Waals surface area contributed by atoms with Crippen molar-refractivity contribution in [3.8, 4) is 11.3 Å². The molecule has 1 aliphatic carbocycles. The predicted octanol–water partition coefficient (Wildman–Crippen LogP) is 7.20. The normalized spacial score (nSPS) is 14.2. The van der Waals surface area contributed by atoms with Crippen LogP contribution in [0.25, 0.3) is 11.3 Å². The topological polar surface area (TPSA) is 88.9 Å². The number of nitrogens with one attached hydrogen (secondary N) is 2. The molecule has 2 aromatic heterocycles. The summed E-state index contributed by atoms with van der Waals surface area (Å²) >= 11 is 1.36. The van der Waals surface area contributed by atoms with E-state index in [1.54, 1.807) is 6.07 Å². The highest BCUT2D eigenvalue weighted by Gasteiger charge is 2.44. The van der Waals surface area contributed by atoms with E-state index in [0.29, 0.717) is 10.8 Å². The van der Waals surface area contributed by atoms with Crippen LogP contribution in [-0.4, -0.2) is 33.1 Å². The molecule has 1 aliphatic rings. The van der Waals surface area contributed by atoms with Gasteiger partial charge in [-0.3, -0.25) is 14.3 Å². The van der Waals surface area contributed by atoms with Crippen LogP contribution in [0.1, 0.15) is 95.1 Å². The summed E-state index contributed by atoms with van der Waals surface area (Å²) < 4.78 is 1.91. The zero-order valence-corrected chi connectivity index (χ0v) is 24.4. The molecule has 2 amide bonds. The van der Waals surface area contributed by atoms with Crippen molar-refractivity contribution in [2.24, 2.45) is 5.92 Å². The number of unbranched alkanes of at least 4 members (excludes halogenated alkanes) is 1. The van der Waals surface area contributed by atoms with E-state index >= 15 is 0 Å². The van der Waals surface area contributed by atoms with E-state index in [2.05, 4.69) is 48.4 Å². The van der Waals surface area contributed by atoms with Crippen molar-refractivity contribution in [2.75, 3.05) is 11.9 Å². The van der Waals surface area contributed by atoms with Gasteiger partial charge < -0.3 is 10.6 Å². The zero-order valence-electron chi connectivity index (χ0n) is 23.5. The van der Waals surface area contributed by atoms with Crippen molar-refractivity contribution in [1.82, 2.24) is 20.1 Å². The number of thiazole rings is 1. The number of carbonyl (C=O) groups excluding carboxylic acids is 2. The fourth-order valence-electron chi connectivity index (χ4n) is 4.35. The Hall–Kier alpha value is -3.00. The van der Waals surface area contributed by atoms with Gasteiger partial charge in [0.15, 0.2) is 5.13 Å². The highest BCUT2D eigenvalue weighted by Crippen LogP contribution is 2.46. The quantitative estimate of drug-likeness (QED) is 0.256. The minimum Gasteiger partial charge on any atom is -0.342 e. The number of benzene rings is 1. The summed E-state index contributed by atoms with van der Waals surface area (Å²) in [5.41, 5.74) is 3.39. The Morgan fingerprint density at radius 1 is 1.16 bits per heavy atom. The second-order valence-electron chi connectivity index (χ2n) is 10.4. The summed E-state index contributed by atoms with van der Waals surface area (Å²) in [6, 6.07) is 9.74. The van der Waals surface area contributed by atoms with Gasteiger partial charge in [0.1, 0.15) is 5.69 Å². The maximum absolute atomic E-state index is 12.4. The zero-order chi connectivity index (χ0) is 27.5. The first kappa shape index (κ1) is 29.6. The van der Waals surface area contributed by atoms with E-state index in [1.165, 1.54) is 37.0 Å². The van der Waals surface area contributed by atoms with E-state index in [1.807, 2.05) is 47.4 Å². The third-order valence-electron chi connectivity index (χ3n) is 7.07. The molecule has 8 heteroatoms. The molecule has 0 aliphatic heterocycles. The van der Waals surface area contributed by atoms with Crippen LogP contribution in [0.2, 0.25) is 0 Å². The average Bonchev–Trinajstić information content (AvgIpc) is 3.30. The van der Waals surface area contributed by atoms with Gasteiger partial charge in [-0.25, -0.2) is 4.98 Å². The van der Waals surface area contributed by atoms with Crippen LogP contribution in [0.3, 0.4) is 0 Å². The van der Waals surface area contributed by atoms with Crippen LogP contribution in [0.15, 0.2) is 41.9 Å². The standard InChI is InChI=1S/C22H25N5O2S.C8H18/c1-3-8-22(9-10-22)27-11-7-17(26-27)20(29)23-13-19(28)25-21-24-18(14-30-21)16-6-4-5-15(2)12-16;1-4-6-7-8(3)5-2/h4-7,11-12,14H,3,8-10,13H2,1-2H3,(H,23,29)(H,24,25,28);8H,4-7H2,1-3H3. The van der Waals surface area contributed by atoms with Gasteiger partial charge in [-0.05, 0) is 44.2 Å². The number of nitrogens with zero attached hydrogens (tertiary/aromatic N) is 3. The van der Waals surface area contributed by atoms with Crippen molar-refractivity contribution >= 4 is 28.3 Å². The summed E-state index contributed by atoms with van der Waals surface area (Å²) in [6.07, 6.45) is 11.8. The molecular formula is C30H43N5O2S. The summed E-state index contributed by atoms with van der Waals surface area (Å²) in [5.74, 6) is 0.281.